The zero-order valence-corrected chi connectivity index (χ0v) is 23.5. The number of hydrogen-bond acceptors (Lipinski definition) is 5. The van der Waals surface area contributed by atoms with Crippen LogP contribution in [0.25, 0.3) is 28.0 Å². The van der Waals surface area contributed by atoms with Crippen molar-refractivity contribution in [2.75, 3.05) is 0 Å². The number of alkyl halides is 2. The van der Waals surface area contributed by atoms with Gasteiger partial charge in [0.25, 0.3) is 12.3 Å². The third-order valence-electron chi connectivity index (χ3n) is 7.80. The van der Waals surface area contributed by atoms with Crippen LogP contribution in [0.4, 0.5) is 8.78 Å². The molecule has 6 rings (SSSR count). The molecule has 1 aliphatic rings. The summed E-state index contributed by atoms with van der Waals surface area (Å²) in [5, 5.41) is 7.22. The number of benzene rings is 1. The van der Waals surface area contributed by atoms with E-state index in [1.807, 2.05) is 54.2 Å². The van der Waals surface area contributed by atoms with E-state index in [0.29, 0.717) is 25.1 Å². The van der Waals surface area contributed by atoms with Crippen LogP contribution < -0.4 is 11.0 Å². The highest BCUT2D eigenvalue weighted by molar-refractivity contribution is 6.30. The van der Waals surface area contributed by atoms with Crippen LogP contribution in [0, 0.1) is 5.92 Å². The molecule has 42 heavy (non-hydrogen) atoms. The highest BCUT2D eigenvalue weighted by Crippen LogP contribution is 2.29. The molecular formula is C30H28ClF2N7O2. The van der Waals surface area contributed by atoms with E-state index in [4.69, 9.17) is 11.6 Å². The van der Waals surface area contributed by atoms with Gasteiger partial charge in [0.15, 0.2) is 0 Å². The molecule has 1 N–H and O–H groups in total. The fourth-order valence-electron chi connectivity index (χ4n) is 5.72. The lowest BCUT2D eigenvalue weighted by Crippen LogP contribution is -2.39. The number of amides is 1. The van der Waals surface area contributed by atoms with Crippen LogP contribution in [0.1, 0.15) is 48.2 Å². The summed E-state index contributed by atoms with van der Waals surface area (Å²) in [5.74, 6) is -0.394. The van der Waals surface area contributed by atoms with Crippen LogP contribution >= 0.6 is 11.6 Å². The summed E-state index contributed by atoms with van der Waals surface area (Å²) < 4.78 is 32.0. The molecule has 0 atom stereocenters. The molecule has 0 bridgehead atoms. The van der Waals surface area contributed by atoms with E-state index >= 15 is 0 Å². The Morgan fingerprint density at radius 1 is 1.07 bits per heavy atom. The Morgan fingerprint density at radius 3 is 2.55 bits per heavy atom. The highest BCUT2D eigenvalue weighted by Gasteiger charge is 2.27. The van der Waals surface area contributed by atoms with E-state index in [-0.39, 0.29) is 28.2 Å². The lowest BCUT2D eigenvalue weighted by atomic mass is 9.85. The maximum absolute atomic E-state index is 13.8. The molecule has 4 heterocycles. The maximum Gasteiger partial charge on any atom is 0.333 e. The van der Waals surface area contributed by atoms with Gasteiger partial charge in [0.1, 0.15) is 5.69 Å². The van der Waals surface area contributed by atoms with E-state index in [1.165, 1.54) is 6.07 Å². The SMILES string of the molecule is Cn1cc(-c2cc(-n3c(=O)n(C[C@H]4CC[C@H](NC(=O)c5cc(Cl)cnc5C(F)F)CC4)c4ccccc43)ccn2)cn1. The third-order valence-corrected chi connectivity index (χ3v) is 8.00. The summed E-state index contributed by atoms with van der Waals surface area (Å²) in [6, 6.07) is 12.5. The zero-order valence-electron chi connectivity index (χ0n) is 22.8. The van der Waals surface area contributed by atoms with Crippen molar-refractivity contribution in [2.45, 2.75) is 44.7 Å². The number of nitrogens with one attached hydrogen (secondary N) is 1. The first-order chi connectivity index (χ1) is 20.3. The van der Waals surface area contributed by atoms with Crippen LogP contribution in [0.15, 0.2) is 72.0 Å². The molecule has 1 fully saturated rings. The third kappa shape index (κ3) is 5.44. The number of aromatic nitrogens is 6. The van der Waals surface area contributed by atoms with E-state index < -0.39 is 18.0 Å². The largest absolute Gasteiger partial charge is 0.349 e. The lowest BCUT2D eigenvalue weighted by molar-refractivity contribution is 0.0904. The smallest absolute Gasteiger partial charge is 0.333 e. The summed E-state index contributed by atoms with van der Waals surface area (Å²) in [5.41, 5.74) is 3.01. The van der Waals surface area contributed by atoms with E-state index in [1.54, 1.807) is 21.6 Å². The Balaban J connectivity index is 1.19. The van der Waals surface area contributed by atoms with E-state index in [2.05, 4.69) is 20.4 Å². The van der Waals surface area contributed by atoms with Crippen LogP contribution in [0.3, 0.4) is 0 Å². The summed E-state index contributed by atoms with van der Waals surface area (Å²) >= 11 is 5.91. The van der Waals surface area contributed by atoms with Gasteiger partial charge in [-0.25, -0.2) is 13.6 Å². The number of para-hydroxylation sites is 2. The van der Waals surface area contributed by atoms with Gasteiger partial charge in [0.05, 0.1) is 39.2 Å². The molecule has 1 aliphatic carbocycles. The predicted molar refractivity (Wildman–Crippen MR) is 155 cm³/mol. The fourth-order valence-corrected chi connectivity index (χ4v) is 5.88. The fraction of sp³-hybridized carbons (Fsp3) is 0.300. The van der Waals surface area contributed by atoms with Crippen molar-refractivity contribution in [2.24, 2.45) is 13.0 Å². The Kier molecular flexibility index (Phi) is 7.59. The number of nitrogens with zero attached hydrogens (tertiary/aromatic N) is 6. The molecule has 5 aromatic rings. The molecule has 0 spiro atoms. The van der Waals surface area contributed by atoms with E-state index in [0.717, 1.165) is 41.3 Å². The van der Waals surface area contributed by atoms with Gasteiger partial charge in [-0.3, -0.25) is 28.6 Å². The second-order valence-corrected chi connectivity index (χ2v) is 11.0. The van der Waals surface area contributed by atoms with Gasteiger partial charge in [-0.15, -0.1) is 0 Å². The van der Waals surface area contributed by atoms with Gasteiger partial charge in [-0.2, -0.15) is 5.10 Å². The maximum atomic E-state index is 13.8. The van der Waals surface area contributed by atoms with Crippen molar-refractivity contribution in [1.29, 1.82) is 0 Å². The summed E-state index contributed by atoms with van der Waals surface area (Å²) in [4.78, 5) is 34.8. The Hall–Kier alpha value is -4.38. The number of hydrogen-bond donors (Lipinski definition) is 1. The van der Waals surface area contributed by atoms with Crippen LogP contribution in [0.5, 0.6) is 0 Å². The number of imidazole rings is 1. The van der Waals surface area contributed by atoms with Gasteiger partial charge >= 0.3 is 5.69 Å². The molecule has 0 saturated heterocycles. The minimum atomic E-state index is -2.88. The number of carbonyl (C=O) groups is 1. The second kappa shape index (κ2) is 11.5. The lowest BCUT2D eigenvalue weighted by Gasteiger charge is -2.29. The number of halogens is 3. The molecule has 1 amide bonds. The minimum Gasteiger partial charge on any atom is -0.349 e. The van der Waals surface area contributed by atoms with Crippen molar-refractivity contribution >= 4 is 28.5 Å². The molecule has 1 saturated carbocycles. The molecule has 4 aromatic heterocycles. The Labute approximate surface area is 244 Å². The molecule has 9 nitrogen and oxygen atoms in total. The van der Waals surface area contributed by atoms with Crippen molar-refractivity contribution in [1.82, 2.24) is 34.2 Å². The minimum absolute atomic E-state index is 0.123. The van der Waals surface area contributed by atoms with Crippen LogP contribution in [-0.4, -0.2) is 40.8 Å². The van der Waals surface area contributed by atoms with Gasteiger partial charge in [-0.05, 0) is 61.9 Å². The normalized spacial score (nSPS) is 17.2. The zero-order chi connectivity index (χ0) is 29.4. The highest BCUT2D eigenvalue weighted by atomic mass is 35.5. The molecule has 0 unspecified atom stereocenters. The van der Waals surface area contributed by atoms with Gasteiger partial charge in [-0.1, -0.05) is 23.7 Å². The number of aryl methyl sites for hydroxylation is 1. The van der Waals surface area contributed by atoms with Gasteiger partial charge < -0.3 is 5.32 Å². The molecule has 0 radical (unpaired) electrons. The standard InChI is InChI=1S/C30H28ClF2N7O2/c1-38-17-19(14-36-38)24-13-22(10-11-34-24)40-26-5-3-2-4-25(26)39(30(40)42)16-18-6-8-21(9-7-18)37-29(41)23-12-20(31)15-35-27(23)28(32)33/h2-5,10-15,17-18,21,28H,6-9,16H2,1H3,(H,37,41)/t18-,21-. The van der Waals surface area contributed by atoms with E-state index in [9.17, 15) is 18.4 Å². The molecule has 12 heteroatoms. The van der Waals surface area contributed by atoms with Crippen molar-refractivity contribution in [3.63, 3.8) is 0 Å². The Bertz CT molecular complexity index is 1820. The first-order valence-corrected chi connectivity index (χ1v) is 14.1. The number of fused-ring (bicyclic) bond motifs is 1. The first kappa shape index (κ1) is 27.8. The number of pyridine rings is 2. The summed E-state index contributed by atoms with van der Waals surface area (Å²) in [6.45, 7) is 0.529. The predicted octanol–water partition coefficient (Wildman–Crippen LogP) is 5.56. The van der Waals surface area contributed by atoms with Crippen LogP contribution in [0.2, 0.25) is 5.02 Å². The number of carbonyl (C=O) groups excluding carboxylic acids is 1. The Morgan fingerprint density at radius 2 is 1.83 bits per heavy atom. The van der Waals surface area contributed by atoms with Crippen molar-refractivity contribution in [3.05, 3.63) is 94.0 Å². The molecule has 1 aromatic carbocycles. The quantitative estimate of drug-likeness (QED) is 0.267. The molecular weight excluding hydrogens is 564 g/mol. The van der Waals surface area contributed by atoms with Crippen LogP contribution in [-0.2, 0) is 13.6 Å². The van der Waals surface area contributed by atoms with Crippen molar-refractivity contribution < 1.29 is 13.6 Å². The summed E-state index contributed by atoms with van der Waals surface area (Å²) in [7, 11) is 1.84. The molecule has 0 aliphatic heterocycles. The van der Waals surface area contributed by atoms with Gasteiger partial charge in [0.2, 0.25) is 0 Å². The topological polar surface area (TPSA) is 99.6 Å². The molecule has 216 valence electrons. The first-order valence-electron chi connectivity index (χ1n) is 13.7. The second-order valence-electron chi connectivity index (χ2n) is 10.6. The van der Waals surface area contributed by atoms with Crippen molar-refractivity contribution in [3.8, 4) is 16.9 Å². The van der Waals surface area contributed by atoms with Gasteiger partial charge in [0, 0.05) is 43.8 Å². The number of rotatable bonds is 7. The average molecular weight is 592 g/mol. The summed E-state index contributed by atoms with van der Waals surface area (Å²) in [6.07, 6.45) is 6.41. The monoisotopic (exact) mass is 591 g/mol. The average Bonchev–Trinajstić information content (AvgIpc) is 3.54.